The molecule has 1 aliphatic carbocycles. The molecule has 0 saturated heterocycles. The molecule has 0 unspecified atom stereocenters. The minimum atomic E-state index is -4.41. The van der Waals surface area contributed by atoms with Gasteiger partial charge in [0.25, 0.3) is 0 Å². The second-order valence-electron chi connectivity index (χ2n) is 3.82. The van der Waals surface area contributed by atoms with Crippen molar-refractivity contribution >= 4 is 32.7 Å². The Hall–Kier alpha value is -1.19. The number of carboxylic acids is 1. The Morgan fingerprint density at radius 3 is 2.65 bits per heavy atom. The number of carbonyl (C=O) groups is 1. The predicted molar refractivity (Wildman–Crippen MR) is 60.7 cm³/mol. The van der Waals surface area contributed by atoms with Crippen LogP contribution in [0.1, 0.15) is 28.2 Å². The lowest BCUT2D eigenvalue weighted by Gasteiger charge is -1.94. The fraction of sp³-hybridized carbons (Fsp3) is 0.500. The summed E-state index contributed by atoms with van der Waals surface area (Å²) in [5.41, 5.74) is -0.145. The van der Waals surface area contributed by atoms with Crippen molar-refractivity contribution in [2.24, 2.45) is 5.92 Å². The van der Waals surface area contributed by atoms with E-state index in [0.29, 0.717) is 17.2 Å². The van der Waals surface area contributed by atoms with Crippen LogP contribution in [-0.4, -0.2) is 29.0 Å². The third kappa shape index (κ3) is 3.38. The van der Waals surface area contributed by atoms with E-state index in [4.69, 9.17) is 9.66 Å². The highest BCUT2D eigenvalue weighted by Crippen LogP contribution is 2.36. The normalized spacial score (nSPS) is 15.8. The van der Waals surface area contributed by atoms with E-state index in [9.17, 15) is 13.2 Å². The van der Waals surface area contributed by atoms with Gasteiger partial charge in [0.15, 0.2) is 10.8 Å². The van der Waals surface area contributed by atoms with Crippen molar-refractivity contribution in [1.82, 2.24) is 4.98 Å². The van der Waals surface area contributed by atoms with Crippen molar-refractivity contribution in [2.45, 2.75) is 19.3 Å². The molecule has 1 aliphatic rings. The van der Waals surface area contributed by atoms with Crippen LogP contribution in [0.15, 0.2) is 0 Å². The van der Waals surface area contributed by atoms with Crippen LogP contribution >= 0.6 is 11.3 Å². The van der Waals surface area contributed by atoms with E-state index in [1.807, 2.05) is 0 Å². The molecule has 2 rings (SSSR count). The maximum atomic E-state index is 10.9. The third-order valence-corrected chi connectivity index (χ3v) is 3.86. The molecular formula is C8H10N2O5S2. The highest BCUT2D eigenvalue weighted by atomic mass is 32.2. The van der Waals surface area contributed by atoms with Crippen LogP contribution in [0.2, 0.25) is 0 Å². The Bertz CT molecular complexity index is 546. The minimum absolute atomic E-state index is 0.124. The van der Waals surface area contributed by atoms with Crippen molar-refractivity contribution in [3.8, 4) is 0 Å². The average molecular weight is 278 g/mol. The van der Waals surface area contributed by atoms with Gasteiger partial charge < -0.3 is 5.11 Å². The topological polar surface area (TPSA) is 117 Å². The molecule has 0 atom stereocenters. The third-order valence-electron chi connectivity index (χ3n) is 2.29. The molecule has 17 heavy (non-hydrogen) atoms. The summed E-state index contributed by atoms with van der Waals surface area (Å²) in [6.07, 6.45) is 2.70. The van der Waals surface area contributed by atoms with Crippen LogP contribution in [0, 0.1) is 5.92 Å². The molecule has 1 heterocycles. The summed E-state index contributed by atoms with van der Waals surface area (Å²) in [4.78, 5) is 15.1. The van der Waals surface area contributed by atoms with Crippen molar-refractivity contribution < 1.29 is 22.9 Å². The maximum Gasteiger partial charge on any atom is 0.359 e. The lowest BCUT2D eigenvalue weighted by Crippen LogP contribution is -2.10. The molecule has 0 spiro atoms. The first kappa shape index (κ1) is 12.3. The van der Waals surface area contributed by atoms with Gasteiger partial charge in [-0.05, 0) is 25.2 Å². The zero-order valence-corrected chi connectivity index (χ0v) is 10.2. The molecule has 1 aromatic rings. The van der Waals surface area contributed by atoms with Crippen LogP contribution < -0.4 is 4.72 Å². The van der Waals surface area contributed by atoms with Crippen molar-refractivity contribution in [3.05, 3.63) is 10.6 Å². The highest BCUT2D eigenvalue weighted by Gasteiger charge is 2.27. The first-order valence-electron chi connectivity index (χ1n) is 4.83. The SMILES string of the molecule is O=C(O)c1nc(NS(=O)(=O)O)sc1CC1CC1. The number of thiazole rings is 1. The fourth-order valence-corrected chi connectivity index (χ4v) is 3.06. The molecule has 0 amide bonds. The summed E-state index contributed by atoms with van der Waals surface area (Å²) in [6, 6.07) is 0. The van der Waals surface area contributed by atoms with Gasteiger partial charge in [-0.3, -0.25) is 4.55 Å². The number of nitrogens with zero attached hydrogens (tertiary/aromatic N) is 1. The quantitative estimate of drug-likeness (QED) is 0.692. The smallest absolute Gasteiger partial charge is 0.359 e. The van der Waals surface area contributed by atoms with E-state index in [0.717, 1.165) is 24.2 Å². The lowest BCUT2D eigenvalue weighted by molar-refractivity contribution is 0.0690. The summed E-state index contributed by atoms with van der Waals surface area (Å²) < 4.78 is 31.5. The molecule has 7 nitrogen and oxygen atoms in total. The summed E-state index contributed by atoms with van der Waals surface area (Å²) in [5.74, 6) is -0.729. The van der Waals surface area contributed by atoms with Gasteiger partial charge in [-0.1, -0.05) is 0 Å². The lowest BCUT2D eigenvalue weighted by atomic mass is 10.2. The second-order valence-corrected chi connectivity index (χ2v) is 6.06. The zero-order valence-electron chi connectivity index (χ0n) is 8.58. The van der Waals surface area contributed by atoms with Crippen LogP contribution in [0.4, 0.5) is 5.13 Å². The number of hydrogen-bond acceptors (Lipinski definition) is 5. The van der Waals surface area contributed by atoms with Gasteiger partial charge >= 0.3 is 16.3 Å². The summed E-state index contributed by atoms with van der Waals surface area (Å²) in [7, 11) is -4.41. The van der Waals surface area contributed by atoms with Gasteiger partial charge in [-0.25, -0.2) is 14.5 Å². The molecule has 0 aromatic carbocycles. The van der Waals surface area contributed by atoms with Gasteiger partial charge in [0, 0.05) is 4.88 Å². The van der Waals surface area contributed by atoms with Crippen molar-refractivity contribution in [1.29, 1.82) is 0 Å². The molecule has 0 radical (unpaired) electrons. The molecular weight excluding hydrogens is 268 g/mol. The molecule has 0 bridgehead atoms. The number of carboxylic acid groups (broad SMARTS) is 1. The molecule has 9 heteroatoms. The molecule has 0 aliphatic heterocycles. The molecule has 1 aromatic heterocycles. The Morgan fingerprint density at radius 1 is 1.53 bits per heavy atom. The van der Waals surface area contributed by atoms with Crippen LogP contribution in [0.25, 0.3) is 0 Å². The summed E-state index contributed by atoms with van der Waals surface area (Å²) in [6.45, 7) is 0. The van der Waals surface area contributed by atoms with Gasteiger partial charge in [0.2, 0.25) is 0 Å². The number of rotatable bonds is 5. The monoisotopic (exact) mass is 278 g/mol. The van der Waals surface area contributed by atoms with Crippen LogP contribution in [0.5, 0.6) is 0 Å². The fourth-order valence-electron chi connectivity index (χ4n) is 1.40. The first-order valence-corrected chi connectivity index (χ1v) is 7.09. The highest BCUT2D eigenvalue weighted by molar-refractivity contribution is 7.87. The van der Waals surface area contributed by atoms with E-state index < -0.39 is 16.3 Å². The van der Waals surface area contributed by atoms with E-state index >= 15 is 0 Å². The minimum Gasteiger partial charge on any atom is -0.476 e. The maximum absolute atomic E-state index is 10.9. The number of aromatic carboxylic acids is 1. The Kier molecular flexibility index (Phi) is 3.06. The first-order chi connectivity index (χ1) is 7.85. The second kappa shape index (κ2) is 4.24. The summed E-state index contributed by atoms with van der Waals surface area (Å²) in [5, 5.41) is 8.79. The van der Waals surface area contributed by atoms with Gasteiger partial charge in [-0.2, -0.15) is 8.42 Å². The van der Waals surface area contributed by atoms with E-state index in [-0.39, 0.29) is 10.8 Å². The Labute approximate surface area is 101 Å². The van der Waals surface area contributed by atoms with Crippen LogP contribution in [0.3, 0.4) is 0 Å². The number of hydrogen-bond donors (Lipinski definition) is 3. The van der Waals surface area contributed by atoms with E-state index in [1.165, 1.54) is 0 Å². The average Bonchev–Trinajstić information content (AvgIpc) is 2.85. The molecule has 1 fully saturated rings. The largest absolute Gasteiger partial charge is 0.476 e. The Morgan fingerprint density at radius 2 is 2.18 bits per heavy atom. The molecule has 3 N–H and O–H groups in total. The Balaban J connectivity index is 2.26. The standard InChI is InChI=1S/C8H10N2O5S2/c11-7(12)6-5(3-4-1-2-4)16-8(9-6)10-17(13,14)15/h4H,1-3H2,(H,9,10)(H,11,12)(H,13,14,15). The number of nitrogens with one attached hydrogen (secondary N) is 1. The predicted octanol–water partition coefficient (Wildman–Crippen LogP) is 1.01. The van der Waals surface area contributed by atoms with Crippen molar-refractivity contribution in [2.75, 3.05) is 4.72 Å². The molecule has 94 valence electrons. The summed E-state index contributed by atoms with van der Waals surface area (Å²) >= 11 is 0.941. The molecule has 1 saturated carbocycles. The van der Waals surface area contributed by atoms with Gasteiger partial charge in [0.05, 0.1) is 0 Å². The van der Waals surface area contributed by atoms with Crippen molar-refractivity contribution in [3.63, 3.8) is 0 Å². The number of anilines is 1. The number of aromatic nitrogens is 1. The van der Waals surface area contributed by atoms with Crippen LogP contribution in [-0.2, 0) is 16.7 Å². The van der Waals surface area contributed by atoms with Gasteiger partial charge in [0.1, 0.15) is 0 Å². The van der Waals surface area contributed by atoms with Gasteiger partial charge in [-0.15, -0.1) is 11.3 Å². The van der Waals surface area contributed by atoms with E-state index in [1.54, 1.807) is 4.72 Å². The van der Waals surface area contributed by atoms with E-state index in [2.05, 4.69) is 4.98 Å². The zero-order chi connectivity index (χ0) is 12.6.